The first-order chi connectivity index (χ1) is 4.25. The van der Waals surface area contributed by atoms with Crippen molar-refractivity contribution in [1.29, 1.82) is 0 Å². The first kappa shape index (κ1) is 6.92. The summed E-state index contributed by atoms with van der Waals surface area (Å²) in [6, 6.07) is 0. The lowest BCUT2D eigenvalue weighted by atomic mass is 10.2. The molecule has 1 aliphatic rings. The molecule has 0 spiro atoms. The third-order valence-electron chi connectivity index (χ3n) is 1.40. The van der Waals surface area contributed by atoms with E-state index in [1.54, 1.807) is 0 Å². The molecule has 1 saturated heterocycles. The van der Waals surface area contributed by atoms with Crippen LogP contribution >= 0.6 is 0 Å². The van der Waals surface area contributed by atoms with Gasteiger partial charge in [0, 0.05) is 0 Å². The van der Waals surface area contributed by atoms with Gasteiger partial charge in [0.15, 0.2) is 6.17 Å². The maximum absolute atomic E-state index is 12.3. The van der Waals surface area contributed by atoms with Gasteiger partial charge >= 0.3 is 0 Å². The van der Waals surface area contributed by atoms with Crippen LogP contribution in [0.1, 0.15) is 0 Å². The Kier molecular flexibility index (Phi) is 2.00. The van der Waals surface area contributed by atoms with Crippen LogP contribution in [0.3, 0.4) is 0 Å². The highest BCUT2D eigenvalue weighted by atomic mass is 19.1. The normalized spacial score (nSPS) is 43.7. The van der Waals surface area contributed by atoms with Gasteiger partial charge in [-0.15, -0.1) is 0 Å². The fourth-order valence-corrected chi connectivity index (χ4v) is 0.806. The minimum absolute atomic E-state index is 0.105. The van der Waals surface area contributed by atoms with E-state index in [9.17, 15) is 4.39 Å². The molecule has 0 aromatic carbocycles. The molecular weight excluding hydrogens is 127 g/mol. The van der Waals surface area contributed by atoms with E-state index in [-0.39, 0.29) is 13.2 Å². The van der Waals surface area contributed by atoms with E-state index in [2.05, 4.69) is 4.74 Å². The molecule has 1 heterocycles. The van der Waals surface area contributed by atoms with Crippen LogP contribution in [0.4, 0.5) is 4.39 Å². The van der Waals surface area contributed by atoms with Gasteiger partial charge in [0.1, 0.15) is 12.2 Å². The van der Waals surface area contributed by atoms with Gasteiger partial charge in [-0.2, -0.15) is 0 Å². The highest BCUT2D eigenvalue weighted by Gasteiger charge is 2.35. The molecule has 9 heavy (non-hydrogen) atoms. The molecule has 0 bridgehead atoms. The Hall–Kier alpha value is -0.190. The number of alkyl halides is 1. The van der Waals surface area contributed by atoms with Crippen molar-refractivity contribution in [2.24, 2.45) is 0 Å². The Morgan fingerprint density at radius 1 is 1.67 bits per heavy atom. The zero-order valence-corrected chi connectivity index (χ0v) is 4.83. The molecule has 1 fully saturated rings. The summed E-state index contributed by atoms with van der Waals surface area (Å²) in [4.78, 5) is 0. The van der Waals surface area contributed by atoms with E-state index >= 15 is 0 Å². The molecule has 3 atom stereocenters. The maximum atomic E-state index is 12.3. The standard InChI is InChI=1S/C5H9FO3/c6-3-2-9-4(1-7)5(3)8/h3-5,7-8H,1-2H2/t3-,4-,5-/m1/s1. The molecule has 4 heteroatoms. The summed E-state index contributed by atoms with van der Waals surface area (Å²) < 4.78 is 16.9. The number of aliphatic hydroxyl groups excluding tert-OH is 2. The first-order valence-electron chi connectivity index (χ1n) is 2.80. The summed E-state index contributed by atoms with van der Waals surface area (Å²) in [6.07, 6.45) is -3.20. The molecule has 54 valence electrons. The van der Waals surface area contributed by atoms with Crippen LogP contribution in [0.2, 0.25) is 0 Å². The van der Waals surface area contributed by atoms with Crippen LogP contribution in [0, 0.1) is 0 Å². The Morgan fingerprint density at radius 3 is 2.56 bits per heavy atom. The number of hydrogen-bond acceptors (Lipinski definition) is 3. The third-order valence-corrected chi connectivity index (χ3v) is 1.40. The van der Waals surface area contributed by atoms with E-state index in [4.69, 9.17) is 10.2 Å². The molecule has 0 aliphatic carbocycles. The lowest BCUT2D eigenvalue weighted by Gasteiger charge is -2.09. The smallest absolute Gasteiger partial charge is 0.152 e. The SMILES string of the molecule is OC[C@H]1OC[C@@H](F)[C@H]1O. The Bertz CT molecular complexity index is 98.2. The molecule has 0 aromatic rings. The van der Waals surface area contributed by atoms with Gasteiger partial charge < -0.3 is 14.9 Å². The minimum atomic E-state index is -1.33. The molecule has 0 saturated carbocycles. The van der Waals surface area contributed by atoms with E-state index in [1.807, 2.05) is 0 Å². The zero-order chi connectivity index (χ0) is 6.85. The van der Waals surface area contributed by atoms with Crippen molar-refractivity contribution in [3.05, 3.63) is 0 Å². The second kappa shape index (κ2) is 2.60. The predicted octanol–water partition coefficient (Wildman–Crippen LogP) is -0.923. The fourth-order valence-electron chi connectivity index (χ4n) is 0.806. The van der Waals surface area contributed by atoms with Crippen LogP contribution in [-0.4, -0.2) is 41.8 Å². The van der Waals surface area contributed by atoms with Gasteiger partial charge in [-0.05, 0) is 0 Å². The zero-order valence-electron chi connectivity index (χ0n) is 4.83. The van der Waals surface area contributed by atoms with Gasteiger partial charge in [-0.3, -0.25) is 0 Å². The van der Waals surface area contributed by atoms with Crippen molar-refractivity contribution < 1.29 is 19.3 Å². The number of hydrogen-bond donors (Lipinski definition) is 2. The number of aliphatic hydroxyl groups is 2. The van der Waals surface area contributed by atoms with Crippen molar-refractivity contribution in [3.8, 4) is 0 Å². The summed E-state index contributed by atoms with van der Waals surface area (Å²) >= 11 is 0. The lowest BCUT2D eigenvalue weighted by Crippen LogP contribution is -2.29. The van der Waals surface area contributed by atoms with E-state index in [0.717, 1.165) is 0 Å². The monoisotopic (exact) mass is 136 g/mol. The van der Waals surface area contributed by atoms with Crippen molar-refractivity contribution in [1.82, 2.24) is 0 Å². The molecule has 3 nitrogen and oxygen atoms in total. The molecule has 1 aliphatic heterocycles. The van der Waals surface area contributed by atoms with E-state index in [0.29, 0.717) is 0 Å². The van der Waals surface area contributed by atoms with E-state index in [1.165, 1.54) is 0 Å². The van der Waals surface area contributed by atoms with Crippen LogP contribution < -0.4 is 0 Å². The highest BCUT2D eigenvalue weighted by molar-refractivity contribution is 4.82. The van der Waals surface area contributed by atoms with Crippen LogP contribution in [0.15, 0.2) is 0 Å². The highest BCUT2D eigenvalue weighted by Crippen LogP contribution is 2.15. The van der Waals surface area contributed by atoms with Crippen LogP contribution in [0.5, 0.6) is 0 Å². The minimum Gasteiger partial charge on any atom is -0.394 e. The average molecular weight is 136 g/mol. The molecule has 0 radical (unpaired) electrons. The first-order valence-corrected chi connectivity index (χ1v) is 2.80. The van der Waals surface area contributed by atoms with Gasteiger partial charge in [-0.25, -0.2) is 4.39 Å². The van der Waals surface area contributed by atoms with Crippen LogP contribution in [-0.2, 0) is 4.74 Å². The van der Waals surface area contributed by atoms with Gasteiger partial charge in [0.2, 0.25) is 0 Å². The second-order valence-electron chi connectivity index (χ2n) is 2.06. The maximum Gasteiger partial charge on any atom is 0.152 e. The number of halogens is 1. The van der Waals surface area contributed by atoms with Crippen LogP contribution in [0.25, 0.3) is 0 Å². The topological polar surface area (TPSA) is 49.7 Å². The van der Waals surface area contributed by atoms with Crippen molar-refractivity contribution >= 4 is 0 Å². The summed E-state index contributed by atoms with van der Waals surface area (Å²) in [5, 5.41) is 17.2. The summed E-state index contributed by atoms with van der Waals surface area (Å²) in [7, 11) is 0. The Balaban J connectivity index is 2.41. The molecular formula is C5H9FO3. The summed E-state index contributed by atoms with van der Waals surface area (Å²) in [5.74, 6) is 0. The molecule has 1 rings (SSSR count). The Morgan fingerprint density at radius 2 is 2.33 bits per heavy atom. The number of rotatable bonds is 1. The van der Waals surface area contributed by atoms with Gasteiger partial charge in [0.05, 0.1) is 13.2 Å². The van der Waals surface area contributed by atoms with E-state index < -0.39 is 18.4 Å². The lowest BCUT2D eigenvalue weighted by molar-refractivity contribution is 0.000304. The van der Waals surface area contributed by atoms with Gasteiger partial charge in [-0.1, -0.05) is 0 Å². The molecule has 0 amide bonds. The summed E-state index contributed by atoms with van der Waals surface area (Å²) in [6.45, 7) is -0.423. The quantitative estimate of drug-likeness (QED) is 0.490. The second-order valence-corrected chi connectivity index (χ2v) is 2.06. The van der Waals surface area contributed by atoms with Gasteiger partial charge in [0.25, 0.3) is 0 Å². The average Bonchev–Trinajstić information content (AvgIpc) is 2.15. The molecule has 0 aromatic heterocycles. The summed E-state index contributed by atoms with van der Waals surface area (Å²) in [5.41, 5.74) is 0. The molecule has 0 unspecified atom stereocenters. The van der Waals surface area contributed by atoms with Crippen molar-refractivity contribution in [2.75, 3.05) is 13.2 Å². The molecule has 2 N–H and O–H groups in total. The predicted molar refractivity (Wildman–Crippen MR) is 27.7 cm³/mol. The van der Waals surface area contributed by atoms with Crippen molar-refractivity contribution in [3.63, 3.8) is 0 Å². The fraction of sp³-hybridized carbons (Fsp3) is 1.00. The largest absolute Gasteiger partial charge is 0.394 e. The number of ether oxygens (including phenoxy) is 1. The third kappa shape index (κ3) is 1.20. The van der Waals surface area contributed by atoms with Crippen molar-refractivity contribution in [2.45, 2.75) is 18.4 Å². The Labute approximate surface area is 52.1 Å².